The SMILES string of the molecule is CS(=O)(=O)N1CCc2nc(NC(=O)C3CCC(=O)N3)sc2C1. The fourth-order valence-electron chi connectivity index (χ4n) is 2.51. The molecule has 0 aromatic carbocycles. The summed E-state index contributed by atoms with van der Waals surface area (Å²) in [6.07, 6.45) is 2.56. The minimum absolute atomic E-state index is 0.123. The number of hydrogen-bond acceptors (Lipinski definition) is 6. The first-order valence-electron chi connectivity index (χ1n) is 6.87. The average molecular weight is 344 g/mol. The molecule has 3 heterocycles. The molecule has 2 aliphatic rings. The van der Waals surface area contributed by atoms with Gasteiger partial charge in [0.25, 0.3) is 0 Å². The van der Waals surface area contributed by atoms with E-state index in [4.69, 9.17) is 0 Å². The zero-order valence-electron chi connectivity index (χ0n) is 12.0. The van der Waals surface area contributed by atoms with E-state index in [1.807, 2.05) is 0 Å². The first-order valence-corrected chi connectivity index (χ1v) is 9.53. The first-order chi connectivity index (χ1) is 10.3. The molecule has 8 nitrogen and oxygen atoms in total. The first kappa shape index (κ1) is 15.4. The summed E-state index contributed by atoms with van der Waals surface area (Å²) in [7, 11) is -3.22. The van der Waals surface area contributed by atoms with E-state index in [1.54, 1.807) is 0 Å². The topological polar surface area (TPSA) is 108 Å². The standard InChI is InChI=1S/C12H16N4O4S2/c1-22(19,20)16-5-4-7-9(6-16)21-12(14-7)15-11(18)8-2-3-10(17)13-8/h8H,2-6H2,1H3,(H,13,17)(H,14,15,18). The summed E-state index contributed by atoms with van der Waals surface area (Å²) in [6.45, 7) is 0.698. The van der Waals surface area contributed by atoms with Gasteiger partial charge < -0.3 is 10.6 Å². The zero-order chi connectivity index (χ0) is 15.9. The Bertz CT molecular complexity index is 727. The van der Waals surface area contributed by atoms with Crippen molar-refractivity contribution in [2.75, 3.05) is 18.1 Å². The summed E-state index contributed by atoms with van der Waals surface area (Å²) in [4.78, 5) is 28.4. The molecule has 1 atom stereocenters. The molecular formula is C12H16N4O4S2. The lowest BCUT2D eigenvalue weighted by molar-refractivity contribution is -0.122. The van der Waals surface area contributed by atoms with Gasteiger partial charge in [-0.1, -0.05) is 0 Å². The third-order valence-corrected chi connectivity index (χ3v) is 5.95. The third-order valence-electron chi connectivity index (χ3n) is 3.71. The van der Waals surface area contributed by atoms with Crippen molar-refractivity contribution in [3.63, 3.8) is 0 Å². The van der Waals surface area contributed by atoms with Crippen LogP contribution >= 0.6 is 11.3 Å². The van der Waals surface area contributed by atoms with Crippen LogP contribution in [0.3, 0.4) is 0 Å². The summed E-state index contributed by atoms with van der Waals surface area (Å²) in [5.74, 6) is -0.403. The van der Waals surface area contributed by atoms with Crippen LogP contribution in [0.4, 0.5) is 5.13 Å². The lowest BCUT2D eigenvalue weighted by Crippen LogP contribution is -2.37. The highest BCUT2D eigenvalue weighted by Gasteiger charge is 2.29. The fourth-order valence-corrected chi connectivity index (χ4v) is 4.41. The van der Waals surface area contributed by atoms with Crippen molar-refractivity contribution in [2.24, 2.45) is 0 Å². The zero-order valence-corrected chi connectivity index (χ0v) is 13.6. The molecule has 1 fully saturated rings. The lowest BCUT2D eigenvalue weighted by atomic mass is 10.2. The van der Waals surface area contributed by atoms with Crippen molar-refractivity contribution in [1.82, 2.24) is 14.6 Å². The number of carbonyl (C=O) groups is 2. The Morgan fingerprint density at radius 1 is 1.45 bits per heavy atom. The largest absolute Gasteiger partial charge is 0.344 e. The Morgan fingerprint density at radius 3 is 2.86 bits per heavy atom. The molecule has 2 amide bonds. The van der Waals surface area contributed by atoms with Crippen LogP contribution in [-0.2, 0) is 32.6 Å². The summed E-state index contributed by atoms with van der Waals surface area (Å²) in [6, 6.07) is -0.513. The summed E-state index contributed by atoms with van der Waals surface area (Å²) in [5.41, 5.74) is 0.829. The van der Waals surface area contributed by atoms with Gasteiger partial charge in [0, 0.05) is 30.8 Å². The molecule has 2 N–H and O–H groups in total. The maximum Gasteiger partial charge on any atom is 0.248 e. The van der Waals surface area contributed by atoms with Gasteiger partial charge in [-0.2, -0.15) is 4.31 Å². The summed E-state index contributed by atoms with van der Waals surface area (Å²) >= 11 is 1.28. The minimum Gasteiger partial charge on any atom is -0.344 e. The molecule has 3 rings (SSSR count). The molecule has 0 saturated carbocycles. The molecule has 1 unspecified atom stereocenters. The van der Waals surface area contributed by atoms with E-state index in [1.165, 1.54) is 21.9 Å². The summed E-state index contributed by atoms with van der Waals surface area (Å²) in [5, 5.41) is 5.75. The number of carbonyl (C=O) groups excluding carboxylic acids is 2. The van der Waals surface area contributed by atoms with Crippen LogP contribution in [-0.4, -0.2) is 48.4 Å². The van der Waals surface area contributed by atoms with Gasteiger partial charge in [0.2, 0.25) is 21.8 Å². The number of hydrogen-bond donors (Lipinski definition) is 2. The van der Waals surface area contributed by atoms with Crippen LogP contribution in [0.25, 0.3) is 0 Å². The molecule has 1 aromatic rings. The van der Waals surface area contributed by atoms with Gasteiger partial charge in [0.1, 0.15) is 6.04 Å². The highest BCUT2D eigenvalue weighted by molar-refractivity contribution is 7.88. The molecular weight excluding hydrogens is 328 g/mol. The van der Waals surface area contributed by atoms with Crippen LogP contribution in [0.5, 0.6) is 0 Å². The molecule has 10 heteroatoms. The van der Waals surface area contributed by atoms with Gasteiger partial charge in [-0.05, 0) is 6.42 Å². The number of amides is 2. The van der Waals surface area contributed by atoms with Gasteiger partial charge in [-0.3, -0.25) is 9.59 Å². The predicted octanol–water partition coefficient (Wildman–Crippen LogP) is -0.322. The molecule has 0 bridgehead atoms. The van der Waals surface area contributed by atoms with Crippen molar-refractivity contribution >= 4 is 38.3 Å². The number of thiazole rings is 1. The van der Waals surface area contributed by atoms with E-state index >= 15 is 0 Å². The number of aromatic nitrogens is 1. The van der Waals surface area contributed by atoms with Crippen LogP contribution in [0.2, 0.25) is 0 Å². The Kier molecular flexibility index (Phi) is 3.91. The second kappa shape index (κ2) is 5.60. The Morgan fingerprint density at radius 2 is 2.23 bits per heavy atom. The molecule has 0 spiro atoms. The summed E-state index contributed by atoms with van der Waals surface area (Å²) < 4.78 is 24.6. The number of fused-ring (bicyclic) bond motifs is 1. The van der Waals surface area contributed by atoms with Crippen molar-refractivity contribution in [3.8, 4) is 0 Å². The van der Waals surface area contributed by atoms with E-state index in [9.17, 15) is 18.0 Å². The Hall–Kier alpha value is -1.52. The van der Waals surface area contributed by atoms with Crippen molar-refractivity contribution in [2.45, 2.75) is 31.8 Å². The highest BCUT2D eigenvalue weighted by Crippen LogP contribution is 2.29. The Balaban J connectivity index is 1.69. The Labute approximate surface area is 132 Å². The van der Waals surface area contributed by atoms with Gasteiger partial charge in [0.05, 0.1) is 11.9 Å². The van der Waals surface area contributed by atoms with Gasteiger partial charge >= 0.3 is 0 Å². The molecule has 2 aliphatic heterocycles. The molecule has 1 saturated heterocycles. The second-order valence-electron chi connectivity index (χ2n) is 5.38. The van der Waals surface area contributed by atoms with Crippen molar-refractivity contribution in [1.29, 1.82) is 0 Å². The molecule has 1 aromatic heterocycles. The third kappa shape index (κ3) is 3.13. The smallest absolute Gasteiger partial charge is 0.248 e. The maximum absolute atomic E-state index is 12.0. The van der Waals surface area contributed by atoms with E-state index in [2.05, 4.69) is 15.6 Å². The number of nitrogens with one attached hydrogen (secondary N) is 2. The molecule has 0 aliphatic carbocycles. The van der Waals surface area contributed by atoms with Crippen molar-refractivity contribution < 1.29 is 18.0 Å². The lowest BCUT2D eigenvalue weighted by Gasteiger charge is -2.23. The highest BCUT2D eigenvalue weighted by atomic mass is 32.2. The molecule has 22 heavy (non-hydrogen) atoms. The number of anilines is 1. The predicted molar refractivity (Wildman–Crippen MR) is 80.9 cm³/mol. The van der Waals surface area contributed by atoms with E-state index < -0.39 is 16.1 Å². The second-order valence-corrected chi connectivity index (χ2v) is 8.45. The number of nitrogens with zero attached hydrogens (tertiary/aromatic N) is 2. The monoisotopic (exact) mass is 344 g/mol. The maximum atomic E-state index is 12.0. The van der Waals surface area contributed by atoms with E-state index in [0.717, 1.165) is 10.6 Å². The quantitative estimate of drug-likeness (QED) is 0.781. The normalized spacial score (nSPS) is 22.2. The van der Waals surface area contributed by atoms with Crippen LogP contribution < -0.4 is 10.6 Å². The van der Waals surface area contributed by atoms with Gasteiger partial charge in [-0.15, -0.1) is 11.3 Å². The van der Waals surface area contributed by atoms with E-state index in [-0.39, 0.29) is 11.8 Å². The number of sulfonamides is 1. The number of rotatable bonds is 3. The van der Waals surface area contributed by atoms with Crippen LogP contribution in [0.1, 0.15) is 23.4 Å². The van der Waals surface area contributed by atoms with E-state index in [0.29, 0.717) is 37.5 Å². The fraction of sp³-hybridized carbons (Fsp3) is 0.583. The molecule has 120 valence electrons. The van der Waals surface area contributed by atoms with Crippen LogP contribution in [0.15, 0.2) is 0 Å². The van der Waals surface area contributed by atoms with Crippen molar-refractivity contribution in [3.05, 3.63) is 10.6 Å². The van der Waals surface area contributed by atoms with Crippen LogP contribution in [0, 0.1) is 0 Å². The van der Waals surface area contributed by atoms with Gasteiger partial charge in [-0.25, -0.2) is 13.4 Å². The minimum atomic E-state index is -3.22. The average Bonchev–Trinajstić information content (AvgIpc) is 3.02. The van der Waals surface area contributed by atoms with Gasteiger partial charge in [0.15, 0.2) is 5.13 Å². The molecule has 0 radical (unpaired) electrons.